The quantitative estimate of drug-likeness (QED) is 0.483. The second-order valence-corrected chi connectivity index (χ2v) is 3.55. The summed E-state index contributed by atoms with van der Waals surface area (Å²) < 4.78 is 5.31. The first-order valence-electron chi connectivity index (χ1n) is 4.07. The highest BCUT2D eigenvalue weighted by Crippen LogP contribution is 2.22. The molecule has 2 aliphatic heterocycles. The summed E-state index contributed by atoms with van der Waals surface area (Å²) in [5.74, 6) is 0.745. The zero-order chi connectivity index (χ0) is 7.84. The van der Waals surface area contributed by atoms with Crippen molar-refractivity contribution in [3.63, 3.8) is 0 Å². The van der Waals surface area contributed by atoms with Gasteiger partial charge in [-0.15, -0.1) is 0 Å². The fourth-order valence-corrected chi connectivity index (χ4v) is 1.96. The van der Waals surface area contributed by atoms with Crippen molar-refractivity contribution in [1.82, 2.24) is 4.90 Å². The summed E-state index contributed by atoms with van der Waals surface area (Å²) in [7, 11) is 2.07. The van der Waals surface area contributed by atoms with Crippen molar-refractivity contribution in [2.24, 2.45) is 11.8 Å². The average Bonchev–Trinajstić information content (AvgIpc) is 1.92. The molecule has 0 N–H and O–H groups in total. The first kappa shape index (κ1) is 7.25. The molecule has 2 heterocycles. The van der Waals surface area contributed by atoms with Crippen molar-refractivity contribution >= 4 is 5.78 Å². The Bertz CT molecular complexity index is 165. The van der Waals surface area contributed by atoms with Crippen molar-refractivity contribution in [2.75, 3.05) is 33.4 Å². The van der Waals surface area contributed by atoms with Gasteiger partial charge in [0.1, 0.15) is 5.78 Å². The Balaban J connectivity index is 2.13. The molecule has 3 nitrogen and oxygen atoms in total. The molecule has 0 amide bonds. The van der Waals surface area contributed by atoms with E-state index in [2.05, 4.69) is 11.9 Å². The van der Waals surface area contributed by atoms with E-state index in [-0.39, 0.29) is 11.8 Å². The van der Waals surface area contributed by atoms with Gasteiger partial charge in [-0.3, -0.25) is 4.79 Å². The molecule has 0 saturated carbocycles. The van der Waals surface area contributed by atoms with Crippen LogP contribution in [0.5, 0.6) is 0 Å². The Morgan fingerprint density at radius 2 is 1.91 bits per heavy atom. The van der Waals surface area contributed by atoms with Crippen LogP contribution < -0.4 is 0 Å². The number of carbonyl (C=O) groups is 1. The minimum absolute atomic E-state index is 0.160. The van der Waals surface area contributed by atoms with Crippen LogP contribution in [0.25, 0.3) is 0 Å². The Morgan fingerprint density at radius 3 is 2.45 bits per heavy atom. The number of ether oxygens (including phenoxy) is 1. The van der Waals surface area contributed by atoms with Crippen molar-refractivity contribution in [2.45, 2.75) is 0 Å². The minimum Gasteiger partial charge on any atom is -0.380 e. The lowest BCUT2D eigenvalue weighted by atomic mass is 9.87. The zero-order valence-electron chi connectivity index (χ0n) is 6.75. The average molecular weight is 155 g/mol. The van der Waals surface area contributed by atoms with Crippen LogP contribution in [0.4, 0.5) is 0 Å². The largest absolute Gasteiger partial charge is 0.380 e. The monoisotopic (exact) mass is 155 g/mol. The minimum atomic E-state index is 0.160. The number of hydrogen-bond acceptors (Lipinski definition) is 3. The van der Waals surface area contributed by atoms with Crippen LogP contribution in [-0.4, -0.2) is 44.0 Å². The number of hydrogen-bond donors (Lipinski definition) is 0. The Hall–Kier alpha value is -0.410. The molecule has 62 valence electrons. The van der Waals surface area contributed by atoms with Gasteiger partial charge in [0.15, 0.2) is 0 Å². The van der Waals surface area contributed by atoms with Gasteiger partial charge in [-0.25, -0.2) is 0 Å². The fourth-order valence-electron chi connectivity index (χ4n) is 1.96. The van der Waals surface area contributed by atoms with E-state index in [1.165, 1.54) is 0 Å². The summed E-state index contributed by atoms with van der Waals surface area (Å²) in [6.45, 7) is 3.05. The molecule has 2 aliphatic rings. The third-order valence-electron chi connectivity index (χ3n) is 2.51. The van der Waals surface area contributed by atoms with E-state index in [9.17, 15) is 4.79 Å². The zero-order valence-corrected chi connectivity index (χ0v) is 6.75. The molecule has 2 unspecified atom stereocenters. The summed E-state index contributed by atoms with van der Waals surface area (Å²) in [4.78, 5) is 13.7. The highest BCUT2D eigenvalue weighted by atomic mass is 16.5. The highest BCUT2D eigenvalue weighted by Gasteiger charge is 2.37. The lowest BCUT2D eigenvalue weighted by Crippen LogP contribution is -2.51. The first-order valence-corrected chi connectivity index (χ1v) is 4.07. The Morgan fingerprint density at radius 1 is 1.36 bits per heavy atom. The van der Waals surface area contributed by atoms with Gasteiger partial charge in [-0.2, -0.15) is 0 Å². The molecule has 0 aromatic heterocycles. The van der Waals surface area contributed by atoms with Gasteiger partial charge >= 0.3 is 0 Å². The van der Waals surface area contributed by atoms with E-state index in [0.717, 1.165) is 13.1 Å². The van der Waals surface area contributed by atoms with Crippen LogP contribution >= 0.6 is 0 Å². The topological polar surface area (TPSA) is 29.5 Å². The van der Waals surface area contributed by atoms with Gasteiger partial charge in [0.05, 0.1) is 25.0 Å². The van der Waals surface area contributed by atoms with Crippen molar-refractivity contribution in [1.29, 1.82) is 0 Å². The number of likely N-dealkylation sites (tertiary alicyclic amines) is 1. The van der Waals surface area contributed by atoms with E-state index in [0.29, 0.717) is 19.0 Å². The van der Waals surface area contributed by atoms with Crippen LogP contribution in [-0.2, 0) is 9.53 Å². The summed E-state index contributed by atoms with van der Waals surface area (Å²) in [5, 5.41) is 0. The van der Waals surface area contributed by atoms with Crippen LogP contribution in [0.2, 0.25) is 0 Å². The van der Waals surface area contributed by atoms with Crippen molar-refractivity contribution in [3.8, 4) is 0 Å². The summed E-state index contributed by atoms with van der Waals surface area (Å²) >= 11 is 0. The van der Waals surface area contributed by atoms with Gasteiger partial charge in [-0.05, 0) is 7.05 Å². The molecule has 3 heteroatoms. The van der Waals surface area contributed by atoms with E-state index in [1.54, 1.807) is 0 Å². The van der Waals surface area contributed by atoms with E-state index in [1.807, 2.05) is 0 Å². The number of carbonyl (C=O) groups excluding carboxylic acids is 1. The van der Waals surface area contributed by atoms with Crippen LogP contribution in [0.1, 0.15) is 0 Å². The third-order valence-corrected chi connectivity index (χ3v) is 2.51. The number of Topliss-reactive ketones (excluding diaryl/α,β-unsaturated/α-hetero) is 1. The number of fused-ring (bicyclic) bond motifs is 2. The molecule has 0 radical (unpaired) electrons. The molecule has 2 atom stereocenters. The highest BCUT2D eigenvalue weighted by molar-refractivity contribution is 5.85. The van der Waals surface area contributed by atoms with Crippen LogP contribution in [0.3, 0.4) is 0 Å². The van der Waals surface area contributed by atoms with Crippen molar-refractivity contribution < 1.29 is 9.53 Å². The molecular weight excluding hydrogens is 142 g/mol. The Kier molecular flexibility index (Phi) is 1.69. The number of ketones is 1. The lowest BCUT2D eigenvalue weighted by Gasteiger charge is -2.37. The van der Waals surface area contributed by atoms with E-state index < -0.39 is 0 Å². The number of nitrogens with zero attached hydrogens (tertiary/aromatic N) is 1. The smallest absolute Gasteiger partial charge is 0.146 e. The second-order valence-electron chi connectivity index (χ2n) is 3.55. The second kappa shape index (κ2) is 2.57. The van der Waals surface area contributed by atoms with E-state index >= 15 is 0 Å². The van der Waals surface area contributed by atoms with Gasteiger partial charge in [0, 0.05) is 13.1 Å². The standard InChI is InChI=1S/C8H13NO2/c1-9-2-6-4-11-5-7(3-9)8(6)10/h6-7H,2-5H2,1H3. The molecule has 0 aromatic rings. The van der Waals surface area contributed by atoms with E-state index in [4.69, 9.17) is 4.74 Å². The fraction of sp³-hybridized carbons (Fsp3) is 0.875. The lowest BCUT2D eigenvalue weighted by molar-refractivity contribution is -0.143. The predicted octanol–water partition coefficient (Wildman–Crippen LogP) is -0.237. The maximum absolute atomic E-state index is 11.4. The first-order chi connectivity index (χ1) is 5.27. The van der Waals surface area contributed by atoms with Gasteiger partial charge in [0.2, 0.25) is 0 Å². The molecule has 2 bridgehead atoms. The SMILES string of the molecule is CN1CC2COCC(C1)C2=O. The van der Waals surface area contributed by atoms with Crippen LogP contribution in [0, 0.1) is 11.8 Å². The third kappa shape index (κ3) is 1.19. The maximum Gasteiger partial charge on any atom is 0.146 e. The molecular formula is C8H13NO2. The molecule has 2 fully saturated rings. The van der Waals surface area contributed by atoms with Crippen molar-refractivity contribution in [3.05, 3.63) is 0 Å². The molecule has 0 aliphatic carbocycles. The van der Waals surface area contributed by atoms with Gasteiger partial charge in [0.25, 0.3) is 0 Å². The molecule has 2 saturated heterocycles. The summed E-state index contributed by atoms with van der Waals surface area (Å²) in [6, 6.07) is 0. The number of piperidine rings is 1. The van der Waals surface area contributed by atoms with Crippen LogP contribution in [0.15, 0.2) is 0 Å². The van der Waals surface area contributed by atoms with Gasteiger partial charge < -0.3 is 9.64 Å². The summed E-state index contributed by atoms with van der Waals surface area (Å²) in [6.07, 6.45) is 0. The molecule has 11 heavy (non-hydrogen) atoms. The maximum atomic E-state index is 11.4. The summed E-state index contributed by atoms with van der Waals surface area (Å²) in [5.41, 5.74) is 0. The number of rotatable bonds is 0. The Labute approximate surface area is 66.3 Å². The van der Waals surface area contributed by atoms with Gasteiger partial charge in [-0.1, -0.05) is 0 Å². The predicted molar refractivity (Wildman–Crippen MR) is 40.3 cm³/mol. The molecule has 0 spiro atoms. The molecule has 2 rings (SSSR count). The molecule has 0 aromatic carbocycles. The normalized spacial score (nSPS) is 39.2.